The van der Waals surface area contributed by atoms with Gasteiger partial charge in [-0.05, 0) is 105 Å². The molecule has 1 atom stereocenters. The minimum atomic E-state index is -0.504. The first kappa shape index (κ1) is 35.3. The molecule has 0 unspecified atom stereocenters. The quantitative estimate of drug-likeness (QED) is 0.174. The van der Waals surface area contributed by atoms with E-state index in [1.807, 2.05) is 44.2 Å². The van der Waals surface area contributed by atoms with Gasteiger partial charge in [0.1, 0.15) is 11.6 Å². The molecule has 54 heavy (non-hydrogen) atoms. The van der Waals surface area contributed by atoms with Gasteiger partial charge in [-0.15, -0.1) is 11.3 Å². The van der Waals surface area contributed by atoms with E-state index >= 15 is 0 Å². The Morgan fingerprint density at radius 3 is 2.43 bits per heavy atom. The van der Waals surface area contributed by atoms with Gasteiger partial charge in [-0.1, -0.05) is 24.3 Å². The number of hydrogen-bond acceptors (Lipinski definition) is 8. The van der Waals surface area contributed by atoms with E-state index < -0.39 is 17.8 Å². The van der Waals surface area contributed by atoms with Crippen molar-refractivity contribution in [3.05, 3.63) is 129 Å². The minimum Gasteiger partial charge on any atom is -0.381 e. The van der Waals surface area contributed by atoms with E-state index in [2.05, 4.69) is 20.5 Å². The van der Waals surface area contributed by atoms with Crippen molar-refractivity contribution in [1.29, 1.82) is 0 Å². The number of fused-ring (bicyclic) bond motifs is 1. The number of amides is 3. The molecule has 0 aliphatic carbocycles. The fourth-order valence-electron chi connectivity index (χ4n) is 7.47. The maximum Gasteiger partial charge on any atom is 0.265 e. The van der Waals surface area contributed by atoms with Crippen LogP contribution in [-0.4, -0.2) is 60.8 Å². The summed E-state index contributed by atoms with van der Waals surface area (Å²) in [5.41, 5.74) is 5.30. The van der Waals surface area contributed by atoms with Crippen LogP contribution in [0.4, 0.5) is 33.0 Å². The molecule has 2 fully saturated rings. The van der Waals surface area contributed by atoms with E-state index in [0.717, 1.165) is 49.6 Å². The number of rotatable bonds is 7. The van der Waals surface area contributed by atoms with E-state index in [-0.39, 0.29) is 22.9 Å². The molecular formula is C42H39FN6O4S. The van der Waals surface area contributed by atoms with Crippen molar-refractivity contribution in [2.75, 3.05) is 46.7 Å². The highest BCUT2D eigenvalue weighted by molar-refractivity contribution is 7.16. The Labute approximate surface area is 316 Å². The lowest BCUT2D eigenvalue weighted by Crippen LogP contribution is -2.59. The van der Waals surface area contributed by atoms with Crippen LogP contribution in [0.5, 0.6) is 0 Å². The molecule has 5 aromatic rings. The van der Waals surface area contributed by atoms with Gasteiger partial charge in [0.05, 0.1) is 44.1 Å². The zero-order chi connectivity index (χ0) is 37.6. The molecule has 2 saturated heterocycles. The molecule has 2 N–H and O–H groups in total. The topological polar surface area (TPSA) is 116 Å². The summed E-state index contributed by atoms with van der Waals surface area (Å²) in [6, 6.07) is 23.8. The molecule has 1 spiro atoms. The molecule has 10 nitrogen and oxygen atoms in total. The fraction of sp³-hybridized carbons (Fsp3) is 0.262. The number of aromatic nitrogens is 1. The zero-order valence-corrected chi connectivity index (χ0v) is 31.0. The normalized spacial score (nSPS) is 17.3. The van der Waals surface area contributed by atoms with Crippen LogP contribution in [0.15, 0.2) is 96.1 Å². The first-order valence-electron chi connectivity index (χ1n) is 18.0. The van der Waals surface area contributed by atoms with Crippen LogP contribution in [0, 0.1) is 25.1 Å². The van der Waals surface area contributed by atoms with Crippen LogP contribution in [0.25, 0.3) is 0 Å². The van der Waals surface area contributed by atoms with Crippen molar-refractivity contribution in [2.45, 2.75) is 39.7 Å². The predicted molar refractivity (Wildman–Crippen MR) is 210 cm³/mol. The van der Waals surface area contributed by atoms with Gasteiger partial charge in [-0.25, -0.2) is 14.4 Å². The molecule has 12 heteroatoms. The molecule has 8 rings (SSSR count). The molecule has 0 radical (unpaired) electrons. The average Bonchev–Trinajstić information content (AvgIpc) is 3.66. The number of halogens is 1. The number of benzene rings is 3. The number of nitrogens with one attached hydrogen (secondary N) is 2. The Morgan fingerprint density at radius 2 is 1.67 bits per heavy atom. The summed E-state index contributed by atoms with van der Waals surface area (Å²) in [4.78, 5) is 55.7. The van der Waals surface area contributed by atoms with Crippen molar-refractivity contribution in [2.24, 2.45) is 10.4 Å². The fourth-order valence-corrected chi connectivity index (χ4v) is 8.45. The molecule has 274 valence electrons. The molecular weight excluding hydrogens is 704 g/mol. The maximum atomic E-state index is 14.5. The number of aliphatic imine (C=N–C) groups is 1. The van der Waals surface area contributed by atoms with Gasteiger partial charge in [0.25, 0.3) is 17.7 Å². The van der Waals surface area contributed by atoms with Crippen LogP contribution in [0.1, 0.15) is 66.2 Å². The summed E-state index contributed by atoms with van der Waals surface area (Å²) < 4.78 is 20.0. The number of aryl methyl sites for hydroxylation is 2. The standard InChI is InChI=1S/C42H39FN6O4S/c1-25-21-30(38(44-22-25)48-23-42(24-48)17-19-53-20-18-42)39(50)45-29-13-11-28(12-14-29)41(52)49-27(3)37(46-32-9-4-5-10-33(32)49)34-15-16-35(54-34)40(51)47-36-26(2)7-6-8-31(36)43/h4-16,21-22,27H,17-20,23-24H2,1-3H3,(H,45,50)(H,47,51)/t27-/m1/s1. The Morgan fingerprint density at radius 1 is 0.907 bits per heavy atom. The van der Waals surface area contributed by atoms with Crippen molar-refractivity contribution in [3.63, 3.8) is 0 Å². The number of hydrogen-bond donors (Lipinski definition) is 2. The third kappa shape index (κ3) is 6.67. The van der Waals surface area contributed by atoms with Crippen LogP contribution < -0.4 is 20.4 Å². The molecule has 3 aromatic carbocycles. The van der Waals surface area contributed by atoms with Gasteiger partial charge >= 0.3 is 0 Å². The van der Waals surface area contributed by atoms with Crippen LogP contribution in [-0.2, 0) is 4.74 Å². The summed E-state index contributed by atoms with van der Waals surface area (Å²) in [7, 11) is 0. The third-order valence-electron chi connectivity index (χ3n) is 10.5. The third-order valence-corrected chi connectivity index (χ3v) is 11.6. The number of para-hydroxylation sites is 3. The number of pyridine rings is 1. The number of carbonyl (C=O) groups is 3. The smallest absolute Gasteiger partial charge is 0.265 e. The highest BCUT2D eigenvalue weighted by Crippen LogP contribution is 2.43. The van der Waals surface area contributed by atoms with Crippen molar-refractivity contribution >= 4 is 63.3 Å². The van der Waals surface area contributed by atoms with Gasteiger partial charge < -0.3 is 20.3 Å². The van der Waals surface area contributed by atoms with Gasteiger partial charge in [0, 0.05) is 49.2 Å². The number of thiophene rings is 1. The number of anilines is 4. The van der Waals surface area contributed by atoms with Crippen LogP contribution >= 0.6 is 11.3 Å². The first-order valence-corrected chi connectivity index (χ1v) is 18.8. The Hall–Kier alpha value is -5.72. The predicted octanol–water partition coefficient (Wildman–Crippen LogP) is 8.19. The van der Waals surface area contributed by atoms with E-state index in [1.54, 1.807) is 66.6 Å². The number of nitrogens with zero attached hydrogens (tertiary/aromatic N) is 4. The Bertz CT molecular complexity index is 2290. The van der Waals surface area contributed by atoms with Crippen molar-refractivity contribution < 1.29 is 23.5 Å². The Kier molecular flexibility index (Phi) is 9.32. The van der Waals surface area contributed by atoms with Crippen molar-refractivity contribution in [1.82, 2.24) is 4.98 Å². The lowest BCUT2D eigenvalue weighted by atomic mass is 9.73. The summed E-state index contributed by atoms with van der Waals surface area (Å²) in [5.74, 6) is -0.760. The molecule has 5 heterocycles. The molecule has 3 amide bonds. The molecule has 0 bridgehead atoms. The summed E-state index contributed by atoms with van der Waals surface area (Å²) in [6.45, 7) is 8.81. The highest BCUT2D eigenvalue weighted by atomic mass is 32.1. The number of ether oxygens (including phenoxy) is 1. The monoisotopic (exact) mass is 742 g/mol. The average molecular weight is 743 g/mol. The first-order chi connectivity index (χ1) is 26.1. The summed E-state index contributed by atoms with van der Waals surface area (Å²) in [5, 5.41) is 5.70. The van der Waals surface area contributed by atoms with Crippen LogP contribution in [0.2, 0.25) is 0 Å². The SMILES string of the molecule is Cc1cnc(N2CC3(CCOCC3)C2)c(C(=O)Nc2ccc(C(=O)N3c4ccccc4N=C(c4ccc(C(=O)Nc5c(C)cccc5F)s4)[C@H]3C)cc2)c1. The van der Waals surface area contributed by atoms with E-state index in [9.17, 15) is 18.8 Å². The van der Waals surface area contributed by atoms with E-state index in [1.165, 1.54) is 17.4 Å². The van der Waals surface area contributed by atoms with Gasteiger partial charge in [0.2, 0.25) is 0 Å². The Balaban J connectivity index is 0.990. The second-order valence-electron chi connectivity index (χ2n) is 14.3. The molecule has 3 aliphatic rings. The molecule has 2 aromatic heterocycles. The summed E-state index contributed by atoms with van der Waals surface area (Å²) >= 11 is 1.23. The van der Waals surface area contributed by atoms with E-state index in [4.69, 9.17) is 9.73 Å². The lowest BCUT2D eigenvalue weighted by Gasteiger charge is -2.53. The van der Waals surface area contributed by atoms with Gasteiger partial charge in [-0.3, -0.25) is 19.3 Å². The van der Waals surface area contributed by atoms with Gasteiger partial charge in [0.15, 0.2) is 0 Å². The van der Waals surface area contributed by atoms with E-state index in [0.29, 0.717) is 50.2 Å². The van der Waals surface area contributed by atoms with Gasteiger partial charge in [-0.2, -0.15) is 0 Å². The highest BCUT2D eigenvalue weighted by Gasteiger charge is 2.45. The molecule has 3 aliphatic heterocycles. The largest absolute Gasteiger partial charge is 0.381 e. The minimum absolute atomic E-state index is 0.143. The van der Waals surface area contributed by atoms with Crippen LogP contribution in [0.3, 0.4) is 0 Å². The zero-order valence-electron chi connectivity index (χ0n) is 30.2. The molecule has 0 saturated carbocycles. The maximum absolute atomic E-state index is 14.5. The lowest BCUT2D eigenvalue weighted by molar-refractivity contribution is -0.000511. The summed E-state index contributed by atoms with van der Waals surface area (Å²) in [6.07, 6.45) is 3.83. The number of carbonyl (C=O) groups excluding carboxylic acids is 3. The second kappa shape index (κ2) is 14.3. The van der Waals surface area contributed by atoms with Crippen molar-refractivity contribution in [3.8, 4) is 0 Å². The second-order valence-corrected chi connectivity index (χ2v) is 15.4.